The van der Waals surface area contributed by atoms with E-state index in [1.165, 1.54) is 25.7 Å². The van der Waals surface area contributed by atoms with E-state index in [0.717, 1.165) is 11.8 Å². The molecular formula is C16H28N2O3. The summed E-state index contributed by atoms with van der Waals surface area (Å²) in [6.45, 7) is 5.43. The number of fused-ring (bicyclic) bond motifs is 2. The molecule has 2 fully saturated rings. The summed E-state index contributed by atoms with van der Waals surface area (Å²) < 4.78 is 0. The van der Waals surface area contributed by atoms with Crippen molar-refractivity contribution in [3.8, 4) is 0 Å². The molecule has 0 aromatic heterocycles. The molecule has 5 nitrogen and oxygen atoms in total. The Morgan fingerprint density at radius 1 is 1.33 bits per heavy atom. The highest BCUT2D eigenvalue weighted by molar-refractivity contribution is 5.81. The number of carboxylic acid groups (broad SMARTS) is 1. The lowest BCUT2D eigenvalue weighted by molar-refractivity contribution is -0.149. The zero-order valence-corrected chi connectivity index (χ0v) is 13.6. The van der Waals surface area contributed by atoms with Gasteiger partial charge in [0.05, 0.1) is 6.54 Å². The molecule has 21 heavy (non-hydrogen) atoms. The zero-order chi connectivity index (χ0) is 15.8. The van der Waals surface area contributed by atoms with Crippen LogP contribution < -0.4 is 5.32 Å². The number of nitrogens with one attached hydrogen (secondary N) is 1. The fourth-order valence-electron chi connectivity index (χ4n) is 3.89. The number of carbonyl (C=O) groups excluding carboxylic acids is 1. The minimum atomic E-state index is -1.03. The van der Waals surface area contributed by atoms with Gasteiger partial charge < -0.3 is 10.4 Å². The molecule has 2 rings (SSSR count). The quantitative estimate of drug-likeness (QED) is 0.783. The molecule has 1 amide bonds. The number of amides is 1. The van der Waals surface area contributed by atoms with Crippen molar-refractivity contribution in [1.29, 1.82) is 0 Å². The van der Waals surface area contributed by atoms with Gasteiger partial charge in [-0.2, -0.15) is 0 Å². The Hall–Kier alpha value is -1.10. The van der Waals surface area contributed by atoms with Crippen LogP contribution in [0.4, 0.5) is 0 Å². The third-order valence-electron chi connectivity index (χ3n) is 5.68. The summed E-state index contributed by atoms with van der Waals surface area (Å²) in [5.74, 6) is 1.25. The van der Waals surface area contributed by atoms with Gasteiger partial charge in [0.2, 0.25) is 5.91 Å². The second kappa shape index (κ2) is 5.95. The topological polar surface area (TPSA) is 69.6 Å². The standard InChI is InChI=1S/C16H28N2O3/c1-10(13-8-11-5-6-12(13)7-11)17-14(19)9-18(4)16(2,3)15(20)21/h10-13H,5-9H2,1-4H3,(H,17,19)(H,20,21). The van der Waals surface area contributed by atoms with Crippen LogP contribution in [0.2, 0.25) is 0 Å². The lowest BCUT2D eigenvalue weighted by Gasteiger charge is -2.32. The average Bonchev–Trinajstić information content (AvgIpc) is 3.00. The van der Waals surface area contributed by atoms with Crippen LogP contribution in [-0.2, 0) is 9.59 Å². The molecule has 0 radical (unpaired) electrons. The van der Waals surface area contributed by atoms with Gasteiger partial charge in [-0.1, -0.05) is 6.42 Å². The molecule has 2 N–H and O–H groups in total. The molecule has 2 aliphatic rings. The molecule has 0 aliphatic heterocycles. The van der Waals surface area contributed by atoms with Gasteiger partial charge in [-0.15, -0.1) is 0 Å². The van der Waals surface area contributed by atoms with Crippen molar-refractivity contribution in [3.05, 3.63) is 0 Å². The molecule has 4 atom stereocenters. The lowest BCUT2D eigenvalue weighted by Crippen LogP contribution is -2.53. The van der Waals surface area contributed by atoms with Gasteiger partial charge in [-0.3, -0.25) is 14.5 Å². The van der Waals surface area contributed by atoms with Crippen molar-refractivity contribution >= 4 is 11.9 Å². The van der Waals surface area contributed by atoms with Crippen LogP contribution in [0.5, 0.6) is 0 Å². The lowest BCUT2D eigenvalue weighted by atomic mass is 9.84. The minimum absolute atomic E-state index is 0.0814. The average molecular weight is 296 g/mol. The Balaban J connectivity index is 1.83. The highest BCUT2D eigenvalue weighted by atomic mass is 16.4. The van der Waals surface area contributed by atoms with Crippen molar-refractivity contribution in [1.82, 2.24) is 10.2 Å². The Morgan fingerprint density at radius 2 is 2.00 bits per heavy atom. The van der Waals surface area contributed by atoms with Crippen LogP contribution in [0.25, 0.3) is 0 Å². The predicted octanol–water partition coefficient (Wildman–Crippen LogP) is 1.72. The summed E-state index contributed by atoms with van der Waals surface area (Å²) in [5, 5.41) is 12.3. The first-order chi connectivity index (χ1) is 9.71. The van der Waals surface area contributed by atoms with E-state index < -0.39 is 11.5 Å². The van der Waals surface area contributed by atoms with E-state index in [4.69, 9.17) is 0 Å². The summed E-state index contributed by atoms with van der Waals surface area (Å²) >= 11 is 0. The third kappa shape index (κ3) is 3.39. The Kier molecular flexibility index (Phi) is 4.61. The fourth-order valence-corrected chi connectivity index (χ4v) is 3.89. The maximum Gasteiger partial charge on any atom is 0.323 e. The summed E-state index contributed by atoms with van der Waals surface area (Å²) in [5.41, 5.74) is -1.03. The van der Waals surface area contributed by atoms with Gasteiger partial charge in [0.25, 0.3) is 0 Å². The first-order valence-electron chi connectivity index (χ1n) is 7.95. The van der Waals surface area contributed by atoms with Crippen LogP contribution in [0, 0.1) is 17.8 Å². The van der Waals surface area contributed by atoms with Crippen molar-refractivity contribution in [2.24, 2.45) is 17.8 Å². The van der Waals surface area contributed by atoms with Crippen molar-refractivity contribution < 1.29 is 14.7 Å². The normalized spacial score (nSPS) is 29.7. The van der Waals surface area contributed by atoms with Crippen molar-refractivity contribution in [2.75, 3.05) is 13.6 Å². The highest BCUT2D eigenvalue weighted by Crippen LogP contribution is 2.49. The number of carbonyl (C=O) groups is 2. The van der Waals surface area contributed by atoms with Gasteiger partial charge in [0.15, 0.2) is 0 Å². The Labute approximate surface area is 127 Å². The number of carboxylic acids is 1. The van der Waals surface area contributed by atoms with Crippen LogP contribution in [0.1, 0.15) is 46.5 Å². The van der Waals surface area contributed by atoms with Gasteiger partial charge in [-0.25, -0.2) is 0 Å². The monoisotopic (exact) mass is 296 g/mol. The highest BCUT2D eigenvalue weighted by Gasteiger charge is 2.42. The van der Waals surface area contributed by atoms with Crippen molar-refractivity contribution in [3.63, 3.8) is 0 Å². The molecule has 0 spiro atoms. The fraction of sp³-hybridized carbons (Fsp3) is 0.875. The Morgan fingerprint density at radius 3 is 2.48 bits per heavy atom. The minimum Gasteiger partial charge on any atom is -0.480 e. The number of aliphatic carboxylic acids is 1. The molecule has 0 aromatic carbocycles. The van der Waals surface area contributed by atoms with Gasteiger partial charge in [-0.05, 0) is 64.8 Å². The van der Waals surface area contributed by atoms with Gasteiger partial charge in [0.1, 0.15) is 5.54 Å². The first kappa shape index (κ1) is 16.3. The summed E-state index contributed by atoms with van der Waals surface area (Å²) in [7, 11) is 1.68. The molecule has 2 saturated carbocycles. The van der Waals surface area contributed by atoms with E-state index in [0.29, 0.717) is 5.92 Å². The van der Waals surface area contributed by atoms with E-state index in [2.05, 4.69) is 12.2 Å². The van der Waals surface area contributed by atoms with Crippen LogP contribution in [-0.4, -0.2) is 47.1 Å². The zero-order valence-electron chi connectivity index (χ0n) is 13.6. The molecule has 2 bridgehead atoms. The third-order valence-corrected chi connectivity index (χ3v) is 5.68. The van der Waals surface area contributed by atoms with E-state index in [1.807, 2.05) is 0 Å². The predicted molar refractivity (Wildman–Crippen MR) is 80.9 cm³/mol. The molecule has 5 heteroatoms. The molecule has 4 unspecified atom stereocenters. The molecular weight excluding hydrogens is 268 g/mol. The SMILES string of the molecule is CC(NC(=O)CN(C)C(C)(C)C(=O)O)C1CC2CCC1C2. The summed E-state index contributed by atoms with van der Waals surface area (Å²) in [6.07, 6.45) is 5.23. The van der Waals surface area contributed by atoms with Crippen LogP contribution in [0.3, 0.4) is 0 Å². The maximum absolute atomic E-state index is 12.2. The largest absolute Gasteiger partial charge is 0.480 e. The van der Waals surface area contributed by atoms with E-state index >= 15 is 0 Å². The maximum atomic E-state index is 12.2. The van der Waals surface area contributed by atoms with E-state index in [-0.39, 0.29) is 18.5 Å². The Bertz CT molecular complexity index is 422. The molecule has 0 aromatic rings. The summed E-state index contributed by atoms with van der Waals surface area (Å²) in [6, 6.07) is 0.189. The number of likely N-dealkylation sites (N-methyl/N-ethyl adjacent to an activating group) is 1. The molecule has 0 saturated heterocycles. The van der Waals surface area contributed by atoms with E-state index in [9.17, 15) is 14.7 Å². The molecule has 2 aliphatic carbocycles. The number of rotatable bonds is 6. The second-order valence-electron chi connectivity index (χ2n) is 7.42. The van der Waals surface area contributed by atoms with Crippen LogP contribution >= 0.6 is 0 Å². The van der Waals surface area contributed by atoms with Crippen LogP contribution in [0.15, 0.2) is 0 Å². The van der Waals surface area contributed by atoms with E-state index in [1.54, 1.807) is 25.8 Å². The number of hydrogen-bond acceptors (Lipinski definition) is 3. The molecule has 120 valence electrons. The second-order valence-corrected chi connectivity index (χ2v) is 7.42. The smallest absolute Gasteiger partial charge is 0.323 e. The van der Waals surface area contributed by atoms with Crippen molar-refractivity contribution in [2.45, 2.75) is 58.0 Å². The number of nitrogens with zero attached hydrogens (tertiary/aromatic N) is 1. The first-order valence-corrected chi connectivity index (χ1v) is 7.95. The molecule has 0 heterocycles. The van der Waals surface area contributed by atoms with Gasteiger partial charge in [0, 0.05) is 6.04 Å². The number of hydrogen-bond donors (Lipinski definition) is 2. The van der Waals surface area contributed by atoms with Gasteiger partial charge >= 0.3 is 5.97 Å². The summed E-state index contributed by atoms with van der Waals surface area (Å²) in [4.78, 5) is 24.9.